The third-order valence-electron chi connectivity index (χ3n) is 5.29. The van der Waals surface area contributed by atoms with Crippen molar-refractivity contribution in [3.63, 3.8) is 0 Å². The molecule has 134 valence electrons. The van der Waals surface area contributed by atoms with Crippen molar-refractivity contribution in [3.05, 3.63) is 58.4 Å². The van der Waals surface area contributed by atoms with Crippen LogP contribution in [0.1, 0.15) is 56.9 Å². The molecule has 25 heavy (non-hydrogen) atoms. The minimum Gasteiger partial charge on any atom is -0.206 e. The third kappa shape index (κ3) is 4.03. The number of hydrogen-bond acceptors (Lipinski definition) is 0. The van der Waals surface area contributed by atoms with E-state index in [4.69, 9.17) is 11.6 Å². The van der Waals surface area contributed by atoms with Gasteiger partial charge in [-0.15, -0.1) is 0 Å². The van der Waals surface area contributed by atoms with Crippen molar-refractivity contribution in [2.75, 3.05) is 0 Å². The average molecular weight is 367 g/mol. The van der Waals surface area contributed by atoms with Crippen LogP contribution in [0.5, 0.6) is 0 Å². The molecule has 0 radical (unpaired) electrons. The van der Waals surface area contributed by atoms with Gasteiger partial charge in [-0.1, -0.05) is 37.4 Å². The maximum Gasteiger partial charge on any atom is 0.159 e. The lowest BCUT2D eigenvalue weighted by Gasteiger charge is -2.29. The first-order valence-electron chi connectivity index (χ1n) is 8.94. The van der Waals surface area contributed by atoms with Crippen LogP contribution < -0.4 is 0 Å². The summed E-state index contributed by atoms with van der Waals surface area (Å²) in [5.41, 5.74) is 1.28. The van der Waals surface area contributed by atoms with Crippen LogP contribution in [0, 0.1) is 23.4 Å². The predicted molar refractivity (Wildman–Crippen MR) is 96.4 cm³/mol. The standard InChI is InChI=1S/C21H22ClF3/c1-2-3-13-4-6-14(7-5-13)16-10-17(22)21(20(25)12-16)15-8-9-18(23)19(24)11-15/h8-14H,2-7H2,1H3/t13-,14-. The van der Waals surface area contributed by atoms with E-state index in [1.165, 1.54) is 37.8 Å². The Morgan fingerprint density at radius 1 is 0.920 bits per heavy atom. The number of halogens is 4. The molecule has 0 nitrogen and oxygen atoms in total. The molecule has 0 aromatic heterocycles. The molecule has 0 heterocycles. The van der Waals surface area contributed by atoms with E-state index in [1.807, 2.05) is 0 Å². The highest BCUT2D eigenvalue weighted by Gasteiger charge is 2.24. The molecule has 0 N–H and O–H groups in total. The molecule has 0 amide bonds. The van der Waals surface area contributed by atoms with E-state index in [2.05, 4.69) is 6.92 Å². The lowest BCUT2D eigenvalue weighted by molar-refractivity contribution is 0.308. The molecule has 0 bridgehead atoms. The molecule has 1 aliphatic carbocycles. The van der Waals surface area contributed by atoms with E-state index in [-0.39, 0.29) is 16.1 Å². The first-order chi connectivity index (χ1) is 12.0. The van der Waals surface area contributed by atoms with Gasteiger partial charge in [0.1, 0.15) is 5.82 Å². The molecule has 0 unspecified atom stereocenters. The highest BCUT2D eigenvalue weighted by molar-refractivity contribution is 6.33. The minimum absolute atomic E-state index is 0.129. The summed E-state index contributed by atoms with van der Waals surface area (Å²) in [6.07, 6.45) is 6.90. The highest BCUT2D eigenvalue weighted by atomic mass is 35.5. The van der Waals surface area contributed by atoms with Crippen LogP contribution in [0.3, 0.4) is 0 Å². The molecule has 1 fully saturated rings. The Labute approximate surface area is 152 Å². The van der Waals surface area contributed by atoms with Gasteiger partial charge in [-0.3, -0.25) is 0 Å². The van der Waals surface area contributed by atoms with E-state index < -0.39 is 17.5 Å². The van der Waals surface area contributed by atoms with Crippen molar-refractivity contribution in [1.29, 1.82) is 0 Å². The Kier molecular flexibility index (Phi) is 5.73. The Morgan fingerprint density at radius 3 is 2.24 bits per heavy atom. The van der Waals surface area contributed by atoms with Gasteiger partial charge in [0.2, 0.25) is 0 Å². The molecule has 0 saturated heterocycles. The molecular formula is C21H22ClF3. The van der Waals surface area contributed by atoms with E-state index in [1.54, 1.807) is 6.07 Å². The van der Waals surface area contributed by atoms with Gasteiger partial charge in [0.05, 0.1) is 5.02 Å². The first kappa shape index (κ1) is 18.3. The summed E-state index contributed by atoms with van der Waals surface area (Å²) in [6.45, 7) is 2.21. The van der Waals surface area contributed by atoms with Crippen LogP contribution in [0.4, 0.5) is 13.2 Å². The van der Waals surface area contributed by atoms with E-state index in [9.17, 15) is 13.2 Å². The topological polar surface area (TPSA) is 0 Å². The zero-order valence-electron chi connectivity index (χ0n) is 14.3. The van der Waals surface area contributed by atoms with Crippen LogP contribution in [0.25, 0.3) is 11.1 Å². The van der Waals surface area contributed by atoms with Crippen molar-refractivity contribution in [2.24, 2.45) is 5.92 Å². The smallest absolute Gasteiger partial charge is 0.159 e. The monoisotopic (exact) mass is 366 g/mol. The van der Waals surface area contributed by atoms with E-state index in [0.717, 1.165) is 36.5 Å². The quantitative estimate of drug-likeness (QED) is 0.525. The predicted octanol–water partition coefficient (Wildman–Crippen LogP) is 7.50. The maximum atomic E-state index is 14.7. The molecular weight excluding hydrogens is 345 g/mol. The van der Waals surface area contributed by atoms with E-state index in [0.29, 0.717) is 5.92 Å². The lowest BCUT2D eigenvalue weighted by Crippen LogP contribution is -2.13. The summed E-state index contributed by atoms with van der Waals surface area (Å²) < 4.78 is 41.2. The van der Waals surface area contributed by atoms with Gasteiger partial charge in [0.25, 0.3) is 0 Å². The second-order valence-corrected chi connectivity index (χ2v) is 7.40. The normalized spacial score (nSPS) is 20.7. The van der Waals surface area contributed by atoms with Gasteiger partial charge in [-0.25, -0.2) is 13.2 Å². The van der Waals surface area contributed by atoms with Crippen LogP contribution in [0.15, 0.2) is 30.3 Å². The summed E-state index contributed by atoms with van der Waals surface area (Å²) >= 11 is 6.30. The van der Waals surface area contributed by atoms with Gasteiger partial charge in [0.15, 0.2) is 11.6 Å². The zero-order chi connectivity index (χ0) is 18.0. The molecule has 4 heteroatoms. The largest absolute Gasteiger partial charge is 0.206 e. The fourth-order valence-corrected chi connectivity index (χ4v) is 4.27. The van der Waals surface area contributed by atoms with Crippen LogP contribution >= 0.6 is 11.6 Å². The minimum atomic E-state index is -1.01. The average Bonchev–Trinajstić information content (AvgIpc) is 2.58. The molecule has 0 aliphatic heterocycles. The Balaban J connectivity index is 1.84. The molecule has 2 aromatic rings. The van der Waals surface area contributed by atoms with E-state index >= 15 is 0 Å². The molecule has 2 aromatic carbocycles. The van der Waals surface area contributed by atoms with Crippen LogP contribution in [-0.4, -0.2) is 0 Å². The third-order valence-corrected chi connectivity index (χ3v) is 5.59. The van der Waals surface area contributed by atoms with Gasteiger partial charge < -0.3 is 0 Å². The van der Waals surface area contributed by atoms with Crippen molar-refractivity contribution in [2.45, 2.75) is 51.4 Å². The second kappa shape index (κ2) is 7.82. The van der Waals surface area contributed by atoms with Gasteiger partial charge in [-0.05, 0) is 72.9 Å². The van der Waals surface area contributed by atoms with Crippen LogP contribution in [-0.2, 0) is 0 Å². The van der Waals surface area contributed by atoms with Gasteiger partial charge in [0, 0.05) is 5.56 Å². The van der Waals surface area contributed by atoms with Gasteiger partial charge >= 0.3 is 0 Å². The SMILES string of the molecule is CCC[C@H]1CC[C@H](c2cc(F)c(-c3ccc(F)c(F)c3)c(Cl)c2)CC1. The number of benzene rings is 2. The lowest BCUT2D eigenvalue weighted by atomic mass is 9.77. The van der Waals surface area contributed by atoms with Crippen molar-refractivity contribution in [1.82, 2.24) is 0 Å². The fraction of sp³-hybridized carbons (Fsp3) is 0.429. The summed E-state index contributed by atoms with van der Waals surface area (Å²) in [6, 6.07) is 6.61. The molecule has 0 spiro atoms. The van der Waals surface area contributed by atoms with Crippen molar-refractivity contribution < 1.29 is 13.2 Å². The van der Waals surface area contributed by atoms with Crippen LogP contribution in [0.2, 0.25) is 5.02 Å². The number of hydrogen-bond donors (Lipinski definition) is 0. The summed E-state index contributed by atoms with van der Waals surface area (Å²) in [4.78, 5) is 0. The molecule has 1 saturated carbocycles. The van der Waals surface area contributed by atoms with Crippen molar-refractivity contribution in [3.8, 4) is 11.1 Å². The number of rotatable bonds is 4. The summed E-state index contributed by atoms with van der Waals surface area (Å²) in [5, 5.41) is 0.247. The Bertz CT molecular complexity index is 726. The highest BCUT2D eigenvalue weighted by Crippen LogP contribution is 2.41. The summed E-state index contributed by atoms with van der Waals surface area (Å²) in [7, 11) is 0. The molecule has 3 rings (SSSR count). The summed E-state index contributed by atoms with van der Waals surface area (Å²) in [5.74, 6) is -1.35. The van der Waals surface area contributed by atoms with Gasteiger partial charge in [-0.2, -0.15) is 0 Å². The fourth-order valence-electron chi connectivity index (χ4n) is 3.95. The maximum absolute atomic E-state index is 14.7. The zero-order valence-corrected chi connectivity index (χ0v) is 15.1. The Hall–Kier alpha value is -1.48. The van der Waals surface area contributed by atoms with Crippen molar-refractivity contribution >= 4 is 11.6 Å². The molecule has 0 atom stereocenters. The first-order valence-corrected chi connectivity index (χ1v) is 9.31. The second-order valence-electron chi connectivity index (χ2n) is 6.99. The molecule has 1 aliphatic rings. The Morgan fingerprint density at radius 2 is 1.64 bits per heavy atom.